The highest BCUT2D eigenvalue weighted by atomic mass is 16.4. The summed E-state index contributed by atoms with van der Waals surface area (Å²) < 4.78 is 0. The Labute approximate surface area is 123 Å². The lowest BCUT2D eigenvalue weighted by atomic mass is 10.1. The molecule has 1 aromatic rings. The number of carbonyl (C=O) groups excluding carboxylic acids is 2. The van der Waals surface area contributed by atoms with Crippen LogP contribution >= 0.6 is 0 Å². The number of carboxylic acids is 1. The van der Waals surface area contributed by atoms with E-state index in [1.165, 1.54) is 0 Å². The molecule has 0 radical (unpaired) electrons. The van der Waals surface area contributed by atoms with Gasteiger partial charge in [0.2, 0.25) is 11.8 Å². The number of primary amides is 1. The summed E-state index contributed by atoms with van der Waals surface area (Å²) in [7, 11) is 1.66. The van der Waals surface area contributed by atoms with E-state index in [2.05, 4.69) is 10.6 Å². The SMILES string of the molecule is CC(=O)O.CNCC(=O)NC(Cc1ccccc1)C(N)=O. The summed E-state index contributed by atoms with van der Waals surface area (Å²) in [5.74, 6) is -1.61. The average Bonchev–Trinajstić information content (AvgIpc) is 2.38. The van der Waals surface area contributed by atoms with Gasteiger partial charge in [-0.25, -0.2) is 0 Å². The lowest BCUT2D eigenvalue weighted by Gasteiger charge is -2.15. The summed E-state index contributed by atoms with van der Waals surface area (Å²) in [6.45, 7) is 1.25. The number of aliphatic carboxylic acids is 1. The maximum Gasteiger partial charge on any atom is 0.300 e. The highest BCUT2D eigenvalue weighted by Crippen LogP contribution is 2.02. The van der Waals surface area contributed by atoms with E-state index in [9.17, 15) is 9.59 Å². The number of carboxylic acid groups (broad SMARTS) is 1. The Morgan fingerprint density at radius 1 is 1.24 bits per heavy atom. The Morgan fingerprint density at radius 2 is 1.76 bits per heavy atom. The van der Waals surface area contributed by atoms with Gasteiger partial charge in [-0.3, -0.25) is 14.4 Å². The Hall–Kier alpha value is -2.41. The first kappa shape index (κ1) is 18.6. The Balaban J connectivity index is 0.000000885. The van der Waals surface area contributed by atoms with Crippen molar-refractivity contribution < 1.29 is 19.5 Å². The summed E-state index contributed by atoms with van der Waals surface area (Å²) in [5, 5.41) is 12.7. The monoisotopic (exact) mass is 295 g/mol. The summed E-state index contributed by atoms with van der Waals surface area (Å²) in [4.78, 5) is 31.6. The normalized spacial score (nSPS) is 10.8. The third-order valence-electron chi connectivity index (χ3n) is 2.30. The van der Waals surface area contributed by atoms with Crippen molar-refractivity contribution in [3.63, 3.8) is 0 Å². The summed E-state index contributed by atoms with van der Waals surface area (Å²) in [6.07, 6.45) is 0.408. The topological polar surface area (TPSA) is 122 Å². The van der Waals surface area contributed by atoms with Crippen molar-refractivity contribution in [1.82, 2.24) is 10.6 Å². The number of likely N-dealkylation sites (N-methyl/N-ethyl adjacent to an activating group) is 1. The van der Waals surface area contributed by atoms with Crippen molar-refractivity contribution >= 4 is 17.8 Å². The Morgan fingerprint density at radius 3 is 2.19 bits per heavy atom. The van der Waals surface area contributed by atoms with Crippen LogP contribution in [0.15, 0.2) is 30.3 Å². The minimum atomic E-state index is -0.833. The van der Waals surface area contributed by atoms with Crippen molar-refractivity contribution in [2.75, 3.05) is 13.6 Å². The van der Waals surface area contributed by atoms with Gasteiger partial charge in [0.1, 0.15) is 6.04 Å². The van der Waals surface area contributed by atoms with E-state index in [4.69, 9.17) is 15.6 Å². The van der Waals surface area contributed by atoms with Crippen LogP contribution in [0.25, 0.3) is 0 Å². The number of hydrogen-bond donors (Lipinski definition) is 4. The number of carbonyl (C=O) groups is 3. The van der Waals surface area contributed by atoms with Gasteiger partial charge >= 0.3 is 0 Å². The molecule has 1 aromatic carbocycles. The van der Waals surface area contributed by atoms with E-state index in [1.54, 1.807) is 7.05 Å². The molecule has 5 N–H and O–H groups in total. The van der Waals surface area contributed by atoms with Crippen LogP contribution in [0.3, 0.4) is 0 Å². The number of nitrogens with two attached hydrogens (primary N) is 1. The molecule has 0 fully saturated rings. The molecule has 1 unspecified atom stereocenters. The Bertz CT molecular complexity index is 459. The van der Waals surface area contributed by atoms with Gasteiger partial charge in [-0.1, -0.05) is 30.3 Å². The second kappa shape index (κ2) is 10.4. The molecule has 21 heavy (non-hydrogen) atoms. The van der Waals surface area contributed by atoms with E-state index >= 15 is 0 Å². The van der Waals surface area contributed by atoms with Gasteiger partial charge in [0.05, 0.1) is 6.54 Å². The smallest absolute Gasteiger partial charge is 0.300 e. The first-order chi connectivity index (χ1) is 9.86. The molecule has 1 rings (SSSR count). The van der Waals surface area contributed by atoms with Gasteiger partial charge in [0.25, 0.3) is 5.97 Å². The molecule has 0 saturated heterocycles. The third-order valence-corrected chi connectivity index (χ3v) is 2.30. The molecule has 0 aromatic heterocycles. The standard InChI is InChI=1S/C12H17N3O2.C2H4O2/c1-14-8-11(16)15-10(12(13)17)7-9-5-3-2-4-6-9;1-2(3)4/h2-6,10,14H,7-8H2,1H3,(H2,13,17)(H,15,16);1H3,(H,3,4). The maximum absolute atomic E-state index is 11.4. The fraction of sp³-hybridized carbons (Fsp3) is 0.357. The van der Waals surface area contributed by atoms with E-state index in [0.717, 1.165) is 12.5 Å². The fourth-order valence-corrected chi connectivity index (χ4v) is 1.48. The van der Waals surface area contributed by atoms with Crippen LogP contribution in [0, 0.1) is 0 Å². The van der Waals surface area contributed by atoms with Crippen molar-refractivity contribution in [3.8, 4) is 0 Å². The van der Waals surface area contributed by atoms with E-state index in [0.29, 0.717) is 6.42 Å². The largest absolute Gasteiger partial charge is 0.481 e. The van der Waals surface area contributed by atoms with Crippen LogP contribution < -0.4 is 16.4 Å². The van der Waals surface area contributed by atoms with E-state index in [1.807, 2.05) is 30.3 Å². The van der Waals surface area contributed by atoms with Crippen LogP contribution in [0.5, 0.6) is 0 Å². The van der Waals surface area contributed by atoms with Crippen LogP contribution in [0.1, 0.15) is 12.5 Å². The van der Waals surface area contributed by atoms with Crippen LogP contribution in [0.2, 0.25) is 0 Å². The predicted octanol–water partition coefficient (Wildman–Crippen LogP) is -0.490. The van der Waals surface area contributed by atoms with Crippen molar-refractivity contribution in [1.29, 1.82) is 0 Å². The van der Waals surface area contributed by atoms with Crippen LogP contribution in [0.4, 0.5) is 0 Å². The molecule has 0 aliphatic carbocycles. The molecule has 0 bridgehead atoms. The van der Waals surface area contributed by atoms with Gasteiger partial charge in [0, 0.05) is 13.3 Å². The van der Waals surface area contributed by atoms with Gasteiger partial charge in [-0.15, -0.1) is 0 Å². The summed E-state index contributed by atoms with van der Waals surface area (Å²) >= 11 is 0. The van der Waals surface area contributed by atoms with Crippen molar-refractivity contribution in [2.24, 2.45) is 5.73 Å². The number of amides is 2. The molecule has 0 aliphatic rings. The zero-order valence-electron chi connectivity index (χ0n) is 12.1. The molecule has 7 nitrogen and oxygen atoms in total. The molecule has 1 atom stereocenters. The molecule has 2 amide bonds. The van der Waals surface area contributed by atoms with Crippen LogP contribution in [-0.4, -0.2) is 42.5 Å². The molecular weight excluding hydrogens is 274 g/mol. The molecule has 7 heteroatoms. The van der Waals surface area contributed by atoms with Crippen molar-refractivity contribution in [2.45, 2.75) is 19.4 Å². The minimum absolute atomic E-state index is 0.165. The van der Waals surface area contributed by atoms with Gasteiger partial charge < -0.3 is 21.5 Å². The van der Waals surface area contributed by atoms with Gasteiger partial charge in [-0.05, 0) is 12.6 Å². The Kier molecular flexibility index (Phi) is 9.19. The van der Waals surface area contributed by atoms with Gasteiger partial charge in [-0.2, -0.15) is 0 Å². The van der Waals surface area contributed by atoms with Crippen molar-refractivity contribution in [3.05, 3.63) is 35.9 Å². The van der Waals surface area contributed by atoms with E-state index in [-0.39, 0.29) is 12.5 Å². The molecule has 0 spiro atoms. The zero-order valence-corrected chi connectivity index (χ0v) is 12.1. The highest BCUT2D eigenvalue weighted by molar-refractivity contribution is 5.87. The second-order valence-corrected chi connectivity index (χ2v) is 4.26. The number of benzene rings is 1. The maximum atomic E-state index is 11.4. The first-order valence-corrected chi connectivity index (χ1v) is 6.33. The fourth-order valence-electron chi connectivity index (χ4n) is 1.48. The summed E-state index contributed by atoms with van der Waals surface area (Å²) in [5.41, 5.74) is 6.21. The van der Waals surface area contributed by atoms with Gasteiger partial charge in [0.15, 0.2) is 0 Å². The number of nitrogens with one attached hydrogen (secondary N) is 2. The highest BCUT2D eigenvalue weighted by Gasteiger charge is 2.17. The number of hydrogen-bond acceptors (Lipinski definition) is 4. The predicted molar refractivity (Wildman–Crippen MR) is 78.5 cm³/mol. The summed E-state index contributed by atoms with van der Waals surface area (Å²) in [6, 6.07) is 8.76. The lowest BCUT2D eigenvalue weighted by Crippen LogP contribution is -2.48. The first-order valence-electron chi connectivity index (χ1n) is 6.33. The lowest BCUT2D eigenvalue weighted by molar-refractivity contribution is -0.134. The number of rotatable bonds is 6. The molecule has 116 valence electrons. The second-order valence-electron chi connectivity index (χ2n) is 4.26. The zero-order chi connectivity index (χ0) is 16.3. The molecule has 0 heterocycles. The average molecular weight is 295 g/mol. The minimum Gasteiger partial charge on any atom is -0.481 e. The van der Waals surface area contributed by atoms with Crippen LogP contribution in [-0.2, 0) is 20.8 Å². The van der Waals surface area contributed by atoms with E-state index < -0.39 is 17.9 Å². The molecule has 0 aliphatic heterocycles. The molecular formula is C14H21N3O4. The quantitative estimate of drug-likeness (QED) is 0.564. The molecule has 0 saturated carbocycles. The third kappa shape index (κ3) is 10.1.